The van der Waals surface area contributed by atoms with E-state index in [1.165, 1.54) is 17.2 Å². The lowest BCUT2D eigenvalue weighted by atomic mass is 10.2. The number of amides is 1. The number of nitrogens with one attached hydrogen (secondary N) is 1. The highest BCUT2D eigenvalue weighted by molar-refractivity contribution is 5.90. The van der Waals surface area contributed by atoms with Crippen molar-refractivity contribution in [2.24, 2.45) is 5.73 Å². The predicted octanol–water partition coefficient (Wildman–Crippen LogP) is 2.16. The van der Waals surface area contributed by atoms with Crippen molar-refractivity contribution in [2.45, 2.75) is 25.4 Å². The summed E-state index contributed by atoms with van der Waals surface area (Å²) in [5.41, 5.74) is 6.39. The number of hydrogen-bond acceptors (Lipinski definition) is 5. The van der Waals surface area contributed by atoms with Gasteiger partial charge in [0, 0.05) is 38.5 Å². The van der Waals surface area contributed by atoms with Crippen LogP contribution in [0.4, 0.5) is 20.6 Å². The van der Waals surface area contributed by atoms with Gasteiger partial charge in [0.2, 0.25) is 0 Å². The van der Waals surface area contributed by atoms with Gasteiger partial charge in [-0.15, -0.1) is 0 Å². The maximum Gasteiger partial charge on any atom is 0.414 e. The summed E-state index contributed by atoms with van der Waals surface area (Å²) < 4.78 is 19.8. The largest absolute Gasteiger partial charge is 0.444 e. The summed E-state index contributed by atoms with van der Waals surface area (Å²) in [5.74, 6) is -0.291. The van der Waals surface area contributed by atoms with Crippen LogP contribution < -0.4 is 20.9 Å². The van der Waals surface area contributed by atoms with E-state index in [-0.39, 0.29) is 11.9 Å². The molecule has 1 atom stereocenters. The van der Waals surface area contributed by atoms with Crippen LogP contribution in [0.5, 0.6) is 0 Å². The summed E-state index contributed by atoms with van der Waals surface area (Å²) in [6.07, 6.45) is 5.27. The first-order chi connectivity index (χ1) is 11.7. The molecule has 0 aliphatic carbocycles. The monoisotopic (exact) mass is 334 g/mol. The van der Waals surface area contributed by atoms with E-state index in [9.17, 15) is 9.18 Å². The van der Waals surface area contributed by atoms with Crippen LogP contribution in [0.3, 0.4) is 0 Å². The Bertz CT molecular complexity index is 617. The van der Waals surface area contributed by atoms with Crippen LogP contribution in [0.25, 0.3) is 0 Å². The molecule has 0 unspecified atom stereocenters. The molecule has 1 aromatic carbocycles. The van der Waals surface area contributed by atoms with Crippen molar-refractivity contribution in [3.63, 3.8) is 0 Å². The van der Waals surface area contributed by atoms with E-state index in [2.05, 4.69) is 5.32 Å². The number of cyclic esters (lactones) is 1. The van der Waals surface area contributed by atoms with Crippen LogP contribution in [0.1, 0.15) is 19.3 Å². The zero-order valence-corrected chi connectivity index (χ0v) is 13.6. The van der Waals surface area contributed by atoms with Gasteiger partial charge in [0.05, 0.1) is 17.9 Å². The van der Waals surface area contributed by atoms with Gasteiger partial charge in [-0.05, 0) is 31.0 Å². The summed E-state index contributed by atoms with van der Waals surface area (Å²) in [7, 11) is 0. The molecule has 2 saturated heterocycles. The summed E-state index contributed by atoms with van der Waals surface area (Å²) in [4.78, 5) is 15.6. The number of carbonyl (C=O) groups excluding carboxylic acids is 1. The summed E-state index contributed by atoms with van der Waals surface area (Å²) in [5, 5.41) is 3.00. The second-order valence-electron chi connectivity index (χ2n) is 6.05. The minimum atomic E-state index is -0.428. The smallest absolute Gasteiger partial charge is 0.414 e. The van der Waals surface area contributed by atoms with E-state index >= 15 is 0 Å². The molecule has 7 heteroatoms. The summed E-state index contributed by atoms with van der Waals surface area (Å²) in [6, 6.07) is 4.96. The molecular weight excluding hydrogens is 311 g/mol. The fourth-order valence-electron chi connectivity index (χ4n) is 3.16. The van der Waals surface area contributed by atoms with Crippen molar-refractivity contribution in [1.29, 1.82) is 0 Å². The number of halogens is 1. The van der Waals surface area contributed by atoms with Crippen molar-refractivity contribution < 1.29 is 13.9 Å². The quantitative estimate of drug-likeness (QED) is 0.780. The molecular formula is C17H23FN4O2. The maximum atomic E-state index is 14.4. The van der Waals surface area contributed by atoms with Gasteiger partial charge in [-0.2, -0.15) is 0 Å². The predicted molar refractivity (Wildman–Crippen MR) is 91.4 cm³/mol. The van der Waals surface area contributed by atoms with Crippen LogP contribution in [-0.2, 0) is 4.74 Å². The number of anilines is 2. The zero-order chi connectivity index (χ0) is 16.9. The standard InChI is InChI=1S/C17H23FN4O2/c18-15-11-13(3-4-16(15)21-9-1-2-10-21)22-12-14(24-17(22)23)5-7-20-8-6-19/h3-4,6,8,11,14,20H,1-2,5,7,9-10,12,19H2/b8-6-/t14-/m0/s1. The lowest BCUT2D eigenvalue weighted by molar-refractivity contribution is 0.137. The molecule has 2 fully saturated rings. The maximum absolute atomic E-state index is 14.4. The van der Waals surface area contributed by atoms with Gasteiger partial charge in [0.1, 0.15) is 11.9 Å². The number of nitrogens with zero attached hydrogens (tertiary/aromatic N) is 2. The highest BCUT2D eigenvalue weighted by Gasteiger charge is 2.32. The number of rotatable bonds is 6. The zero-order valence-electron chi connectivity index (χ0n) is 13.6. The van der Waals surface area contributed by atoms with E-state index in [4.69, 9.17) is 10.5 Å². The van der Waals surface area contributed by atoms with E-state index in [1.807, 2.05) is 4.90 Å². The molecule has 0 radical (unpaired) electrons. The number of ether oxygens (including phenoxy) is 1. The molecule has 3 N–H and O–H groups in total. The molecule has 1 aromatic rings. The van der Waals surface area contributed by atoms with Crippen molar-refractivity contribution in [1.82, 2.24) is 5.32 Å². The first-order valence-electron chi connectivity index (χ1n) is 8.32. The Hall–Kier alpha value is -2.44. The second kappa shape index (κ2) is 7.42. The lowest BCUT2D eigenvalue weighted by Gasteiger charge is -2.20. The molecule has 2 aliphatic rings. The molecule has 0 saturated carbocycles. The van der Waals surface area contributed by atoms with Gasteiger partial charge in [-0.1, -0.05) is 0 Å². The Kier molecular flexibility index (Phi) is 5.08. The molecule has 0 spiro atoms. The number of nitrogens with two attached hydrogens (primary N) is 1. The van der Waals surface area contributed by atoms with Crippen molar-refractivity contribution in [3.05, 3.63) is 36.4 Å². The van der Waals surface area contributed by atoms with Gasteiger partial charge in [-0.3, -0.25) is 4.90 Å². The van der Waals surface area contributed by atoms with Crippen molar-refractivity contribution in [3.8, 4) is 0 Å². The van der Waals surface area contributed by atoms with E-state index < -0.39 is 6.09 Å². The fourth-order valence-corrected chi connectivity index (χ4v) is 3.16. The molecule has 130 valence electrons. The third-order valence-corrected chi connectivity index (χ3v) is 4.39. The molecule has 3 rings (SSSR count). The van der Waals surface area contributed by atoms with Crippen LogP contribution >= 0.6 is 0 Å². The minimum Gasteiger partial charge on any atom is -0.444 e. The van der Waals surface area contributed by atoms with Gasteiger partial charge >= 0.3 is 6.09 Å². The number of benzene rings is 1. The van der Waals surface area contributed by atoms with Crippen LogP contribution in [0.15, 0.2) is 30.6 Å². The highest BCUT2D eigenvalue weighted by atomic mass is 19.1. The molecule has 1 amide bonds. The van der Waals surface area contributed by atoms with Crippen molar-refractivity contribution in [2.75, 3.05) is 36.0 Å². The molecule has 6 nitrogen and oxygen atoms in total. The molecule has 2 heterocycles. The van der Waals surface area contributed by atoms with Crippen LogP contribution in [0, 0.1) is 5.82 Å². The molecule has 24 heavy (non-hydrogen) atoms. The topological polar surface area (TPSA) is 70.8 Å². The van der Waals surface area contributed by atoms with E-state index in [0.717, 1.165) is 25.9 Å². The Balaban J connectivity index is 1.63. The Morgan fingerprint density at radius 1 is 1.38 bits per heavy atom. The second-order valence-corrected chi connectivity index (χ2v) is 6.05. The summed E-state index contributed by atoms with van der Waals surface area (Å²) in [6.45, 7) is 2.85. The van der Waals surface area contributed by atoms with Gasteiger partial charge in [0.15, 0.2) is 0 Å². The lowest BCUT2D eigenvalue weighted by Crippen LogP contribution is -2.26. The van der Waals surface area contributed by atoms with Gasteiger partial charge in [-0.25, -0.2) is 9.18 Å². The third kappa shape index (κ3) is 3.55. The number of hydrogen-bond donors (Lipinski definition) is 2. The Morgan fingerprint density at radius 2 is 2.17 bits per heavy atom. The average Bonchev–Trinajstić information content (AvgIpc) is 3.21. The first kappa shape index (κ1) is 16.4. The normalized spacial score (nSPS) is 20.9. The van der Waals surface area contributed by atoms with E-state index in [0.29, 0.717) is 30.9 Å². The Morgan fingerprint density at radius 3 is 2.88 bits per heavy atom. The first-order valence-corrected chi connectivity index (χ1v) is 8.32. The fraction of sp³-hybridized carbons (Fsp3) is 0.471. The molecule has 2 aliphatic heterocycles. The van der Waals surface area contributed by atoms with Crippen LogP contribution in [-0.4, -0.2) is 38.4 Å². The minimum absolute atomic E-state index is 0.211. The van der Waals surface area contributed by atoms with Crippen molar-refractivity contribution >= 4 is 17.5 Å². The number of carbonyl (C=O) groups is 1. The van der Waals surface area contributed by atoms with Gasteiger partial charge < -0.3 is 20.7 Å². The SMILES string of the molecule is N/C=C\NCC[C@H]1CN(c2ccc(N3CCCC3)c(F)c2)C(=O)O1. The molecule has 0 bridgehead atoms. The van der Waals surface area contributed by atoms with E-state index in [1.54, 1.807) is 18.3 Å². The highest BCUT2D eigenvalue weighted by Crippen LogP contribution is 2.29. The molecule has 0 aromatic heterocycles. The van der Waals surface area contributed by atoms with Crippen LogP contribution in [0.2, 0.25) is 0 Å². The summed E-state index contributed by atoms with van der Waals surface area (Å²) >= 11 is 0. The van der Waals surface area contributed by atoms with Gasteiger partial charge in [0.25, 0.3) is 0 Å². The Labute approximate surface area is 141 Å². The average molecular weight is 334 g/mol. The third-order valence-electron chi connectivity index (χ3n) is 4.39.